The zero-order valence-corrected chi connectivity index (χ0v) is 34.6. The summed E-state index contributed by atoms with van der Waals surface area (Å²) in [5.74, 6) is -0.557. The summed E-state index contributed by atoms with van der Waals surface area (Å²) in [4.78, 5) is 23.0. The lowest BCUT2D eigenvalue weighted by Gasteiger charge is -2.41. The molecule has 1 aliphatic rings. The second-order valence-corrected chi connectivity index (χ2v) is 15.9. The number of carbonyl (C=O) groups is 1. The molecule has 0 bridgehead atoms. The first-order valence-electron chi connectivity index (χ1n) is 21.0. The smallest absolute Gasteiger partial charge is 0.457 e. The predicted molar refractivity (Wildman–Crippen MR) is 216 cm³/mol. The van der Waals surface area contributed by atoms with E-state index in [9.17, 15) is 39.8 Å². The van der Waals surface area contributed by atoms with Crippen LogP contribution in [0, 0.1) is 0 Å². The Labute approximate surface area is 331 Å². The van der Waals surface area contributed by atoms with Gasteiger partial charge in [0.25, 0.3) is 0 Å². The average molecular weight is 803 g/mol. The summed E-state index contributed by atoms with van der Waals surface area (Å²) in [7, 11) is -5.03. The van der Waals surface area contributed by atoms with Crippen LogP contribution in [-0.2, 0) is 27.9 Å². The number of hydrogen-bond acceptors (Lipinski definition) is 11. The first kappa shape index (κ1) is 51.3. The van der Waals surface area contributed by atoms with Gasteiger partial charge in [-0.1, -0.05) is 152 Å². The second kappa shape index (κ2) is 33.3. The minimum Gasteiger partial charge on any atom is -0.457 e. The van der Waals surface area contributed by atoms with E-state index in [0.717, 1.165) is 44.9 Å². The van der Waals surface area contributed by atoms with Gasteiger partial charge >= 0.3 is 13.8 Å². The Morgan fingerprint density at radius 1 is 0.600 bits per heavy atom. The van der Waals surface area contributed by atoms with Gasteiger partial charge < -0.3 is 39.9 Å². The molecule has 1 aliphatic carbocycles. The normalized spacial score (nSPS) is 23.7. The van der Waals surface area contributed by atoms with Crippen molar-refractivity contribution in [1.29, 1.82) is 0 Å². The van der Waals surface area contributed by atoms with Crippen LogP contribution in [0.4, 0.5) is 0 Å². The molecule has 6 unspecified atom stereocenters. The van der Waals surface area contributed by atoms with E-state index in [1.807, 2.05) is 12.2 Å². The third-order valence-corrected chi connectivity index (χ3v) is 10.5. The number of hydrogen-bond donors (Lipinski definition) is 6. The molecule has 13 heteroatoms. The molecule has 0 aromatic carbocycles. The van der Waals surface area contributed by atoms with Crippen LogP contribution in [-0.4, -0.2) is 98.9 Å². The van der Waals surface area contributed by atoms with Gasteiger partial charge in [-0.3, -0.25) is 13.8 Å². The van der Waals surface area contributed by atoms with E-state index in [1.165, 1.54) is 77.0 Å². The third-order valence-electron chi connectivity index (χ3n) is 9.48. The monoisotopic (exact) mass is 802 g/mol. The number of rotatable bonds is 34. The maximum absolute atomic E-state index is 12.8. The van der Waals surface area contributed by atoms with Crippen molar-refractivity contribution in [1.82, 2.24) is 0 Å². The van der Waals surface area contributed by atoms with Crippen LogP contribution in [0.1, 0.15) is 149 Å². The average Bonchev–Trinajstić information content (AvgIpc) is 3.17. The van der Waals surface area contributed by atoms with Crippen molar-refractivity contribution in [3.8, 4) is 0 Å². The molecule has 1 rings (SSSR count). The lowest BCUT2D eigenvalue weighted by atomic mass is 9.85. The third kappa shape index (κ3) is 26.0. The minimum absolute atomic E-state index is 0.0651. The van der Waals surface area contributed by atoms with Gasteiger partial charge in [0.2, 0.25) is 0 Å². The summed E-state index contributed by atoms with van der Waals surface area (Å²) in [6.45, 7) is 4.05. The van der Waals surface area contributed by atoms with Crippen molar-refractivity contribution >= 4 is 13.8 Å². The molecule has 0 amide bonds. The number of allylic oxidation sites excluding steroid dienone is 8. The molecular formula is C42H75O12P. The van der Waals surface area contributed by atoms with Crippen LogP contribution >= 0.6 is 7.82 Å². The standard InChI is InChI=1S/C42H75O12P/c1-3-5-7-9-11-13-15-17-18-20-22-24-26-28-30-32-51-33-35(34-52-55(49,50)54-42-40(47)38(45)37(44)39(46)41(42)48)53-36(43)31-29-27-25-23-21-19-16-14-12-10-8-6-4-2/h6,8,12,14,19,21,25,27,35,37-42,44-48H,3-5,7,9-11,13,15-18,20,22-24,26,28-34H2,1-2H3,(H,49,50)/b8-6-,14-12-,21-19-,27-25-. The molecular weight excluding hydrogens is 727 g/mol. The molecule has 0 aliphatic heterocycles. The fraction of sp³-hybridized carbons (Fsp3) is 0.786. The molecule has 55 heavy (non-hydrogen) atoms. The Morgan fingerprint density at radius 3 is 1.53 bits per heavy atom. The van der Waals surface area contributed by atoms with Crippen LogP contribution in [0.15, 0.2) is 48.6 Å². The number of aliphatic hydroxyl groups excluding tert-OH is 5. The molecule has 0 heterocycles. The number of phosphoric acid groups is 1. The summed E-state index contributed by atoms with van der Waals surface area (Å²) in [6, 6.07) is 0. The van der Waals surface area contributed by atoms with E-state index in [-0.39, 0.29) is 13.0 Å². The summed E-state index contributed by atoms with van der Waals surface area (Å²) in [5, 5.41) is 50.0. The molecule has 6 N–H and O–H groups in total. The van der Waals surface area contributed by atoms with Crippen molar-refractivity contribution in [2.75, 3.05) is 19.8 Å². The molecule has 1 saturated carbocycles. The Morgan fingerprint density at radius 2 is 1.04 bits per heavy atom. The summed E-state index contributed by atoms with van der Waals surface area (Å²) in [6.07, 6.45) is 26.3. The molecule has 12 nitrogen and oxygen atoms in total. The zero-order valence-electron chi connectivity index (χ0n) is 33.7. The van der Waals surface area contributed by atoms with Gasteiger partial charge in [-0.05, 0) is 38.5 Å². The highest BCUT2D eigenvalue weighted by Crippen LogP contribution is 2.47. The predicted octanol–water partition coefficient (Wildman–Crippen LogP) is 7.69. The number of unbranched alkanes of at least 4 members (excludes halogenated alkanes) is 14. The van der Waals surface area contributed by atoms with Crippen LogP contribution in [0.2, 0.25) is 0 Å². The highest BCUT2D eigenvalue weighted by Gasteiger charge is 2.51. The van der Waals surface area contributed by atoms with Crippen LogP contribution in [0.3, 0.4) is 0 Å². The summed E-state index contributed by atoms with van der Waals surface area (Å²) < 4.78 is 34.0. The lowest BCUT2D eigenvalue weighted by Crippen LogP contribution is -2.64. The van der Waals surface area contributed by atoms with Gasteiger partial charge in [-0.2, -0.15) is 0 Å². The summed E-state index contributed by atoms with van der Waals surface area (Å²) in [5.41, 5.74) is 0. The maximum atomic E-state index is 12.8. The van der Waals surface area contributed by atoms with Gasteiger partial charge in [0, 0.05) is 13.0 Å². The SMILES string of the molecule is CC/C=C\C/C=C\C/C=C\C/C=C\CCC(=O)OC(COCCCCCCCCCCCCCCCCC)COP(=O)(O)OC1C(O)C(O)C(O)C(O)C1O. The Hall–Kier alpha value is -1.70. The van der Waals surface area contributed by atoms with Crippen molar-refractivity contribution in [2.45, 2.75) is 191 Å². The van der Waals surface area contributed by atoms with Crippen LogP contribution < -0.4 is 0 Å². The maximum Gasteiger partial charge on any atom is 0.472 e. The van der Waals surface area contributed by atoms with Gasteiger partial charge in [0.05, 0.1) is 13.2 Å². The van der Waals surface area contributed by atoms with Gasteiger partial charge in [0.1, 0.15) is 42.7 Å². The van der Waals surface area contributed by atoms with E-state index < -0.39 is 63.1 Å². The van der Waals surface area contributed by atoms with Gasteiger partial charge in [-0.25, -0.2) is 4.57 Å². The molecule has 320 valence electrons. The van der Waals surface area contributed by atoms with E-state index >= 15 is 0 Å². The first-order chi connectivity index (χ1) is 26.5. The fourth-order valence-electron chi connectivity index (χ4n) is 6.13. The fourth-order valence-corrected chi connectivity index (χ4v) is 7.11. The molecule has 0 spiro atoms. The number of carbonyl (C=O) groups excluding carboxylic acids is 1. The number of esters is 1. The molecule has 0 saturated heterocycles. The van der Waals surface area contributed by atoms with E-state index in [0.29, 0.717) is 13.0 Å². The van der Waals surface area contributed by atoms with Crippen molar-refractivity contribution in [3.63, 3.8) is 0 Å². The van der Waals surface area contributed by atoms with Gasteiger partial charge in [-0.15, -0.1) is 0 Å². The minimum atomic E-state index is -5.03. The zero-order chi connectivity index (χ0) is 40.6. The van der Waals surface area contributed by atoms with E-state index in [1.54, 1.807) is 0 Å². The molecule has 1 fully saturated rings. The molecule has 0 aromatic heterocycles. The van der Waals surface area contributed by atoms with Crippen molar-refractivity contribution in [2.24, 2.45) is 0 Å². The van der Waals surface area contributed by atoms with Crippen LogP contribution in [0.5, 0.6) is 0 Å². The van der Waals surface area contributed by atoms with Crippen LogP contribution in [0.25, 0.3) is 0 Å². The second-order valence-electron chi connectivity index (χ2n) is 14.5. The first-order valence-corrected chi connectivity index (χ1v) is 22.5. The van der Waals surface area contributed by atoms with Crippen molar-refractivity contribution in [3.05, 3.63) is 48.6 Å². The largest absolute Gasteiger partial charge is 0.472 e. The van der Waals surface area contributed by atoms with E-state index in [2.05, 4.69) is 50.3 Å². The number of phosphoric ester groups is 1. The molecule has 6 atom stereocenters. The topological polar surface area (TPSA) is 192 Å². The highest BCUT2D eigenvalue weighted by atomic mass is 31.2. The Bertz CT molecular complexity index is 1100. The molecule has 0 aromatic rings. The van der Waals surface area contributed by atoms with Gasteiger partial charge in [0.15, 0.2) is 0 Å². The lowest BCUT2D eigenvalue weighted by molar-refractivity contribution is -0.220. The number of ether oxygens (including phenoxy) is 2. The van der Waals surface area contributed by atoms with Crippen molar-refractivity contribution < 1.29 is 58.3 Å². The summed E-state index contributed by atoms with van der Waals surface area (Å²) >= 11 is 0. The number of aliphatic hydroxyl groups is 5. The Balaban J connectivity index is 2.48. The highest BCUT2D eigenvalue weighted by molar-refractivity contribution is 7.47. The molecule has 0 radical (unpaired) electrons. The van der Waals surface area contributed by atoms with E-state index in [4.69, 9.17) is 18.5 Å². The quantitative estimate of drug-likeness (QED) is 0.0161. The Kier molecular flexibility index (Phi) is 31.1.